The zero-order chi connectivity index (χ0) is 49.3. The van der Waals surface area contributed by atoms with Crippen molar-refractivity contribution in [1.82, 2.24) is 5.32 Å². The second kappa shape index (κ2) is 43.0. The number of aryl methyl sites for hydroxylation is 1. The smallest absolute Gasteiger partial charge is 0.220 e. The Morgan fingerprint density at radius 3 is 1.46 bits per heavy atom. The number of aliphatic hydroxyl groups excluding tert-OH is 2. The van der Waals surface area contributed by atoms with Crippen LogP contribution in [0.15, 0.2) is 24.3 Å². The number of nitrogens with one attached hydrogen (secondary N) is 1. The van der Waals surface area contributed by atoms with Crippen molar-refractivity contribution in [2.24, 2.45) is 0 Å². The van der Waals surface area contributed by atoms with E-state index in [1.54, 1.807) is 0 Å². The van der Waals surface area contributed by atoms with Crippen LogP contribution in [0.1, 0.15) is 238 Å². The van der Waals surface area contributed by atoms with Gasteiger partial charge in [-0.1, -0.05) is 219 Å². The second-order valence-corrected chi connectivity index (χ2v) is 20.1. The molecular weight excluding hydrogens is 855 g/mol. The molecule has 0 spiro atoms. The van der Waals surface area contributed by atoms with Gasteiger partial charge in [-0.05, 0) is 44.6 Å². The standard InChI is InChI=1S/C58H107NO9/c1-7-12-17-18-19-20-21-22-23-24-25-26-27-28-29-30-31-32-33-34-35-36-53(61)59-50(54(62)51(60)45-49-39-37-48(6)38-40-49)46-67-58-57(66-44-16-11-5)56(65-43-15-10-4)55(64-42-14-9-3)52(68-58)47-63-41-13-8-2/h37-40,50-52,54-58,60,62H,7-36,41-47H2,1-6H3,(H,59,61)/t50-,51+,52?,54-,55?,56?,57?,58?/m0/s1. The first-order chi connectivity index (χ1) is 33.3. The molecule has 1 aliphatic rings. The summed E-state index contributed by atoms with van der Waals surface area (Å²) in [5, 5.41) is 26.2. The lowest BCUT2D eigenvalue weighted by atomic mass is 9.97. The normalized spacial score (nSPS) is 19.9. The number of ether oxygens (including phenoxy) is 6. The maximum atomic E-state index is 13.6. The van der Waals surface area contributed by atoms with Crippen LogP contribution in [0.3, 0.4) is 0 Å². The van der Waals surface area contributed by atoms with Crippen molar-refractivity contribution in [3.63, 3.8) is 0 Å². The molecule has 10 nitrogen and oxygen atoms in total. The molecule has 1 saturated heterocycles. The molecule has 5 unspecified atom stereocenters. The van der Waals surface area contributed by atoms with Crippen LogP contribution in [0.25, 0.3) is 0 Å². The van der Waals surface area contributed by atoms with Gasteiger partial charge in [0.1, 0.15) is 30.5 Å². The molecule has 10 heteroatoms. The number of hydrogen-bond donors (Lipinski definition) is 3. The summed E-state index contributed by atoms with van der Waals surface area (Å²) in [5.74, 6) is -0.161. The van der Waals surface area contributed by atoms with Gasteiger partial charge in [0.05, 0.1) is 25.4 Å². The molecule has 0 aliphatic carbocycles. The van der Waals surface area contributed by atoms with Gasteiger partial charge in [-0.15, -0.1) is 0 Å². The van der Waals surface area contributed by atoms with Gasteiger partial charge in [-0.25, -0.2) is 0 Å². The highest BCUT2D eigenvalue weighted by atomic mass is 16.7. The van der Waals surface area contributed by atoms with E-state index in [9.17, 15) is 15.0 Å². The number of aliphatic hydroxyl groups is 2. The van der Waals surface area contributed by atoms with E-state index in [1.807, 2.05) is 31.2 Å². The van der Waals surface area contributed by atoms with Gasteiger partial charge in [0.15, 0.2) is 6.29 Å². The molecule has 1 aliphatic heterocycles. The minimum atomic E-state index is -1.29. The number of carbonyl (C=O) groups excluding carboxylic acids is 1. The lowest BCUT2D eigenvalue weighted by Gasteiger charge is -2.46. The Balaban J connectivity index is 1.98. The lowest BCUT2D eigenvalue weighted by Crippen LogP contribution is -2.63. The van der Waals surface area contributed by atoms with Gasteiger partial charge >= 0.3 is 0 Å². The fourth-order valence-electron chi connectivity index (χ4n) is 9.03. The molecule has 1 amide bonds. The van der Waals surface area contributed by atoms with Crippen LogP contribution >= 0.6 is 0 Å². The predicted molar refractivity (Wildman–Crippen MR) is 280 cm³/mol. The number of unbranched alkanes of at least 4 members (excludes halogenated alkanes) is 24. The average molecular weight is 962 g/mol. The Bertz CT molecular complexity index is 1270. The summed E-state index contributed by atoms with van der Waals surface area (Å²) < 4.78 is 39.3. The summed E-state index contributed by atoms with van der Waals surface area (Å²) in [5.41, 5.74) is 2.02. The summed E-state index contributed by atoms with van der Waals surface area (Å²) in [6.07, 6.45) is 30.4. The Kier molecular flexibility index (Phi) is 39.5. The van der Waals surface area contributed by atoms with Crippen LogP contribution in [0.4, 0.5) is 0 Å². The quantitative estimate of drug-likeness (QED) is 0.0548. The molecule has 0 aromatic heterocycles. The van der Waals surface area contributed by atoms with Crippen molar-refractivity contribution < 1.29 is 43.4 Å². The molecule has 398 valence electrons. The van der Waals surface area contributed by atoms with Crippen molar-refractivity contribution in [3.8, 4) is 0 Å². The summed E-state index contributed by atoms with van der Waals surface area (Å²) in [7, 11) is 0. The Morgan fingerprint density at radius 2 is 0.971 bits per heavy atom. The highest BCUT2D eigenvalue weighted by Crippen LogP contribution is 2.31. The molecule has 1 aromatic carbocycles. The van der Waals surface area contributed by atoms with Gasteiger partial charge in [0.2, 0.25) is 5.91 Å². The molecule has 3 N–H and O–H groups in total. The van der Waals surface area contributed by atoms with Crippen molar-refractivity contribution in [1.29, 1.82) is 0 Å². The van der Waals surface area contributed by atoms with Crippen molar-refractivity contribution in [2.45, 2.75) is 290 Å². The van der Waals surface area contributed by atoms with Gasteiger partial charge in [-0.3, -0.25) is 4.79 Å². The Hall–Kier alpha value is -1.63. The predicted octanol–water partition coefficient (Wildman–Crippen LogP) is 13.5. The van der Waals surface area contributed by atoms with Crippen LogP contribution < -0.4 is 5.32 Å². The van der Waals surface area contributed by atoms with E-state index in [-0.39, 0.29) is 18.9 Å². The highest BCUT2D eigenvalue weighted by Gasteiger charge is 2.49. The number of benzene rings is 1. The number of amides is 1. The minimum Gasteiger partial charge on any atom is -0.390 e. The zero-order valence-corrected chi connectivity index (χ0v) is 44.8. The van der Waals surface area contributed by atoms with E-state index in [2.05, 4.69) is 39.9 Å². The lowest BCUT2D eigenvalue weighted by molar-refractivity contribution is -0.325. The monoisotopic (exact) mass is 962 g/mol. The first-order valence-electron chi connectivity index (χ1n) is 28.7. The van der Waals surface area contributed by atoms with E-state index in [4.69, 9.17) is 28.4 Å². The molecule has 0 radical (unpaired) electrons. The molecular formula is C58H107NO9. The molecule has 0 saturated carbocycles. The summed E-state index contributed by atoms with van der Waals surface area (Å²) in [6.45, 7) is 15.3. The Morgan fingerprint density at radius 1 is 0.544 bits per heavy atom. The van der Waals surface area contributed by atoms with Gasteiger partial charge in [-0.2, -0.15) is 0 Å². The van der Waals surface area contributed by atoms with Crippen LogP contribution in [-0.2, 0) is 39.6 Å². The van der Waals surface area contributed by atoms with Gasteiger partial charge in [0.25, 0.3) is 0 Å². The van der Waals surface area contributed by atoms with Crippen LogP contribution in [0, 0.1) is 6.92 Å². The van der Waals surface area contributed by atoms with Crippen molar-refractivity contribution in [3.05, 3.63) is 35.4 Å². The molecule has 1 aromatic rings. The maximum absolute atomic E-state index is 13.6. The number of carbonyl (C=O) groups is 1. The second-order valence-electron chi connectivity index (χ2n) is 20.1. The summed E-state index contributed by atoms with van der Waals surface area (Å²) in [4.78, 5) is 13.6. The van der Waals surface area contributed by atoms with E-state index in [1.165, 1.54) is 116 Å². The first kappa shape index (κ1) is 62.5. The molecule has 2 rings (SSSR count). The van der Waals surface area contributed by atoms with Crippen LogP contribution in [0.5, 0.6) is 0 Å². The molecule has 1 fully saturated rings. The van der Waals surface area contributed by atoms with Gasteiger partial charge in [0, 0.05) is 39.3 Å². The summed E-state index contributed by atoms with van der Waals surface area (Å²) >= 11 is 0. The molecule has 68 heavy (non-hydrogen) atoms. The number of rotatable bonds is 47. The highest BCUT2D eigenvalue weighted by molar-refractivity contribution is 5.76. The molecule has 0 bridgehead atoms. The largest absolute Gasteiger partial charge is 0.390 e. The van der Waals surface area contributed by atoms with Crippen LogP contribution in [-0.4, -0.2) is 105 Å². The van der Waals surface area contributed by atoms with E-state index < -0.39 is 49.0 Å². The molecule has 8 atom stereocenters. The third-order valence-electron chi connectivity index (χ3n) is 13.6. The topological polar surface area (TPSA) is 125 Å². The van der Waals surface area contributed by atoms with Crippen molar-refractivity contribution >= 4 is 5.91 Å². The maximum Gasteiger partial charge on any atom is 0.220 e. The fraction of sp³-hybridized carbons (Fsp3) is 0.879. The average Bonchev–Trinajstić information content (AvgIpc) is 3.34. The van der Waals surface area contributed by atoms with Crippen molar-refractivity contribution in [2.75, 3.05) is 39.6 Å². The van der Waals surface area contributed by atoms with E-state index in [0.717, 1.165) is 81.8 Å². The first-order valence-corrected chi connectivity index (χ1v) is 28.7. The molecule has 1 heterocycles. The van der Waals surface area contributed by atoms with Gasteiger partial charge < -0.3 is 44.0 Å². The minimum absolute atomic E-state index is 0.0953. The summed E-state index contributed by atoms with van der Waals surface area (Å²) in [6, 6.07) is 7.03. The van der Waals surface area contributed by atoms with E-state index in [0.29, 0.717) is 39.5 Å². The fourth-order valence-corrected chi connectivity index (χ4v) is 9.03. The van der Waals surface area contributed by atoms with Crippen LogP contribution in [0.2, 0.25) is 0 Å². The third kappa shape index (κ3) is 29.7. The Labute approximate surface area is 417 Å². The van der Waals surface area contributed by atoms with E-state index >= 15 is 0 Å². The third-order valence-corrected chi connectivity index (χ3v) is 13.6. The zero-order valence-electron chi connectivity index (χ0n) is 44.8. The number of hydrogen-bond acceptors (Lipinski definition) is 9. The SMILES string of the molecule is CCCCCCCCCCCCCCCCCCCCCCCC(=O)N[C@@H](COC1OC(COCCCC)C(OCCCC)C(OCCCC)C1OCCCC)[C@H](O)[C@H](O)Cc1ccc(C)cc1.